The molecule has 2 N–H and O–H groups in total. The fraction of sp³-hybridized carbons (Fsp3) is 0.385. The van der Waals surface area contributed by atoms with Crippen molar-refractivity contribution in [1.82, 2.24) is 20.2 Å². The van der Waals surface area contributed by atoms with Crippen molar-refractivity contribution >= 4 is 22.6 Å². The maximum absolute atomic E-state index is 13.4. The molecule has 3 aromatic rings. The molecule has 180 valence electrons. The Morgan fingerprint density at radius 2 is 2.23 bits per heavy atom. The van der Waals surface area contributed by atoms with Crippen LogP contribution in [0.1, 0.15) is 48.8 Å². The van der Waals surface area contributed by atoms with Gasteiger partial charge in [0.05, 0.1) is 16.7 Å². The number of imidazole rings is 1. The number of nitrogens with zero attached hydrogens (tertiary/aromatic N) is 5. The van der Waals surface area contributed by atoms with E-state index in [0.29, 0.717) is 29.3 Å². The zero-order valence-corrected chi connectivity index (χ0v) is 19.8. The van der Waals surface area contributed by atoms with Gasteiger partial charge in [-0.2, -0.15) is 0 Å². The number of hydrogen-bond donors (Lipinski definition) is 2. The predicted octanol–water partition coefficient (Wildman–Crippen LogP) is 5.08. The lowest BCUT2D eigenvalue weighted by Crippen LogP contribution is -2.47. The van der Waals surface area contributed by atoms with Gasteiger partial charge in [0.25, 0.3) is 5.91 Å². The second-order valence-corrected chi connectivity index (χ2v) is 8.58. The van der Waals surface area contributed by atoms with Gasteiger partial charge in [-0.15, -0.1) is 6.42 Å². The lowest BCUT2D eigenvalue weighted by molar-refractivity contribution is 0.0617. The smallest absolute Gasteiger partial charge is 0.289 e. The Hall–Kier alpha value is -3.99. The molecule has 9 heteroatoms. The third kappa shape index (κ3) is 5.75. The Bertz CT molecular complexity index is 1270. The summed E-state index contributed by atoms with van der Waals surface area (Å²) in [4.78, 5) is 25.7. The van der Waals surface area contributed by atoms with Crippen LogP contribution >= 0.6 is 0 Å². The minimum atomic E-state index is -0.139. The van der Waals surface area contributed by atoms with E-state index in [1.807, 2.05) is 36.1 Å². The van der Waals surface area contributed by atoms with Crippen LogP contribution in [0, 0.1) is 12.3 Å². The minimum absolute atomic E-state index is 0.119. The summed E-state index contributed by atoms with van der Waals surface area (Å²) < 4.78 is 5.52. The number of aromatic amines is 1. The number of nitrogens with one attached hydrogen (secondary N) is 2. The van der Waals surface area contributed by atoms with Crippen LogP contribution in [0.2, 0.25) is 0 Å². The summed E-state index contributed by atoms with van der Waals surface area (Å²) in [6.07, 6.45) is 9.21. The van der Waals surface area contributed by atoms with Crippen LogP contribution in [-0.4, -0.2) is 46.0 Å². The van der Waals surface area contributed by atoms with Crippen molar-refractivity contribution < 1.29 is 9.53 Å². The van der Waals surface area contributed by atoms with Crippen LogP contribution in [0.5, 0.6) is 5.75 Å². The number of aromatic nitrogens is 2. The topological polar surface area (TPSA) is 119 Å². The number of amides is 1. The number of carbonyl (C=O) groups is 1. The van der Waals surface area contributed by atoms with E-state index in [9.17, 15) is 4.79 Å². The average molecular weight is 472 g/mol. The molecule has 1 saturated carbocycles. The van der Waals surface area contributed by atoms with E-state index < -0.39 is 0 Å². The number of terminal acetylenes is 1. The number of fused-ring (bicyclic) bond motifs is 1. The zero-order valence-electron chi connectivity index (χ0n) is 19.8. The van der Waals surface area contributed by atoms with Crippen molar-refractivity contribution in [2.45, 2.75) is 51.2 Å². The van der Waals surface area contributed by atoms with Crippen LogP contribution in [0.25, 0.3) is 21.5 Å². The van der Waals surface area contributed by atoms with E-state index in [1.54, 1.807) is 12.1 Å². The quantitative estimate of drug-likeness (QED) is 0.196. The number of benzene rings is 2. The van der Waals surface area contributed by atoms with Crippen molar-refractivity contribution in [2.75, 3.05) is 13.2 Å². The molecule has 2 aromatic carbocycles. The Kier molecular flexibility index (Phi) is 7.88. The van der Waals surface area contributed by atoms with Gasteiger partial charge in [-0.1, -0.05) is 35.3 Å². The summed E-state index contributed by atoms with van der Waals surface area (Å²) >= 11 is 0. The largest absolute Gasteiger partial charge is 0.481 e. The average Bonchev–Trinajstić information content (AvgIpc) is 3.33. The van der Waals surface area contributed by atoms with Gasteiger partial charge in [-0.25, -0.2) is 4.98 Å². The summed E-state index contributed by atoms with van der Waals surface area (Å²) in [7, 11) is 0. The number of carbonyl (C=O) groups excluding carboxylic acids is 1. The van der Waals surface area contributed by atoms with Crippen molar-refractivity contribution in [3.8, 4) is 18.1 Å². The Balaban J connectivity index is 1.42. The normalized spacial score (nSPS) is 17.4. The molecule has 1 heterocycles. The van der Waals surface area contributed by atoms with E-state index in [-0.39, 0.29) is 24.4 Å². The molecular formula is C26H29N7O2. The summed E-state index contributed by atoms with van der Waals surface area (Å²) in [6.45, 7) is 3.55. The fourth-order valence-electron chi connectivity index (χ4n) is 4.72. The highest BCUT2D eigenvalue weighted by molar-refractivity contribution is 5.96. The maximum Gasteiger partial charge on any atom is 0.289 e. The van der Waals surface area contributed by atoms with Crippen molar-refractivity contribution in [3.63, 3.8) is 0 Å². The van der Waals surface area contributed by atoms with Crippen molar-refractivity contribution in [2.24, 2.45) is 5.11 Å². The third-order valence-corrected chi connectivity index (χ3v) is 6.35. The molecule has 0 saturated heterocycles. The van der Waals surface area contributed by atoms with Gasteiger partial charge >= 0.3 is 0 Å². The standard InChI is InChI=1S/C26H29N7O2/c1-3-14-35-21-11-5-8-18(15-21)17-28-19-9-6-10-20(16-19)33(4-2)26(34)25-29-22-12-7-13-23(31-32-27)24(22)30-25/h1,5,7-8,11-13,15,19-20,28H,4,6,9-10,14,16-17H2,2H3,(H,29,30)/t19-,20+/m1/s1. The van der Waals surface area contributed by atoms with Crippen LogP contribution in [0.15, 0.2) is 47.6 Å². The fourth-order valence-corrected chi connectivity index (χ4v) is 4.72. The first kappa shape index (κ1) is 24.1. The molecule has 35 heavy (non-hydrogen) atoms. The highest BCUT2D eigenvalue weighted by atomic mass is 16.5. The molecule has 1 fully saturated rings. The first-order valence-corrected chi connectivity index (χ1v) is 11.9. The number of rotatable bonds is 9. The van der Waals surface area contributed by atoms with Crippen LogP contribution < -0.4 is 10.1 Å². The second-order valence-electron chi connectivity index (χ2n) is 8.58. The molecule has 0 spiro atoms. The van der Waals surface area contributed by atoms with Gasteiger partial charge in [0.15, 0.2) is 5.82 Å². The molecule has 1 aliphatic rings. The number of azide groups is 1. The van der Waals surface area contributed by atoms with Gasteiger partial charge in [0.2, 0.25) is 0 Å². The molecular weight excluding hydrogens is 442 g/mol. The maximum atomic E-state index is 13.4. The third-order valence-electron chi connectivity index (χ3n) is 6.35. The van der Waals surface area contributed by atoms with Gasteiger partial charge in [0.1, 0.15) is 12.4 Å². The van der Waals surface area contributed by atoms with Gasteiger partial charge in [-0.05, 0) is 61.9 Å². The molecule has 1 amide bonds. The highest BCUT2D eigenvalue weighted by Crippen LogP contribution is 2.27. The summed E-state index contributed by atoms with van der Waals surface area (Å²) in [5, 5.41) is 7.33. The molecule has 0 aliphatic heterocycles. The Morgan fingerprint density at radius 1 is 1.37 bits per heavy atom. The van der Waals surface area contributed by atoms with Crippen LogP contribution in [-0.2, 0) is 6.54 Å². The van der Waals surface area contributed by atoms with E-state index in [4.69, 9.17) is 16.7 Å². The predicted molar refractivity (Wildman–Crippen MR) is 135 cm³/mol. The van der Waals surface area contributed by atoms with Crippen molar-refractivity contribution in [1.29, 1.82) is 0 Å². The zero-order chi connectivity index (χ0) is 24.6. The lowest BCUT2D eigenvalue weighted by atomic mass is 9.89. The lowest BCUT2D eigenvalue weighted by Gasteiger charge is -2.37. The van der Waals surface area contributed by atoms with Crippen LogP contribution in [0.3, 0.4) is 0 Å². The molecule has 1 aromatic heterocycles. The summed E-state index contributed by atoms with van der Waals surface area (Å²) in [5.74, 6) is 3.37. The van der Waals surface area contributed by atoms with Gasteiger partial charge < -0.3 is 19.9 Å². The van der Waals surface area contributed by atoms with Gasteiger partial charge in [-0.3, -0.25) is 4.79 Å². The molecule has 2 atom stereocenters. The number of para-hydroxylation sites is 1. The number of H-pyrrole nitrogens is 1. The summed E-state index contributed by atoms with van der Waals surface area (Å²) in [6, 6.07) is 13.6. The Labute approximate surface area is 204 Å². The van der Waals surface area contributed by atoms with Crippen molar-refractivity contribution in [3.05, 3.63) is 64.3 Å². The summed E-state index contributed by atoms with van der Waals surface area (Å²) in [5.41, 5.74) is 11.5. The SMILES string of the molecule is C#CCOc1cccc(CN[C@@H]2CCC[C@H](N(CC)C(=O)c3nc4c(N=[N+]=[N-])cccc4[nH]3)C2)c1. The first-order chi connectivity index (χ1) is 17.1. The second kappa shape index (κ2) is 11.4. The first-order valence-electron chi connectivity index (χ1n) is 11.9. The molecule has 4 rings (SSSR count). The van der Waals surface area contributed by atoms with Gasteiger partial charge in [0, 0.05) is 30.1 Å². The van der Waals surface area contributed by atoms with E-state index in [2.05, 4.69) is 37.3 Å². The molecule has 0 unspecified atom stereocenters. The van der Waals surface area contributed by atoms with E-state index >= 15 is 0 Å². The molecule has 0 radical (unpaired) electrons. The number of hydrogen-bond acceptors (Lipinski definition) is 5. The van der Waals surface area contributed by atoms with E-state index in [1.165, 1.54) is 0 Å². The molecule has 1 aliphatic carbocycles. The molecule has 9 nitrogen and oxygen atoms in total. The molecule has 0 bridgehead atoms. The minimum Gasteiger partial charge on any atom is -0.481 e. The van der Waals surface area contributed by atoms with E-state index in [0.717, 1.165) is 43.5 Å². The number of ether oxygens (including phenoxy) is 1. The van der Waals surface area contributed by atoms with Crippen LogP contribution in [0.4, 0.5) is 5.69 Å². The monoisotopic (exact) mass is 471 g/mol. The highest BCUT2D eigenvalue weighted by Gasteiger charge is 2.30. The Morgan fingerprint density at radius 3 is 3.03 bits per heavy atom.